The van der Waals surface area contributed by atoms with Gasteiger partial charge in [0.1, 0.15) is 18.4 Å². The minimum atomic E-state index is -0.453. The van der Waals surface area contributed by atoms with Gasteiger partial charge in [-0.2, -0.15) is 5.26 Å². The number of rotatable bonds is 5. The number of hydrogen-bond acceptors (Lipinski definition) is 6. The first-order valence-electron chi connectivity index (χ1n) is 9.07. The molecule has 6 heteroatoms. The maximum Gasteiger partial charge on any atom is 0.340 e. The van der Waals surface area contributed by atoms with Gasteiger partial charge in [0.2, 0.25) is 0 Å². The van der Waals surface area contributed by atoms with Crippen molar-refractivity contribution in [3.05, 3.63) is 39.5 Å². The van der Waals surface area contributed by atoms with Crippen LogP contribution in [0.25, 0.3) is 0 Å². The minimum absolute atomic E-state index is 0.174. The van der Waals surface area contributed by atoms with Crippen molar-refractivity contribution in [3.63, 3.8) is 0 Å². The van der Waals surface area contributed by atoms with E-state index in [0.29, 0.717) is 35.3 Å². The maximum absolute atomic E-state index is 12.1. The molecule has 1 fully saturated rings. The van der Waals surface area contributed by atoms with E-state index in [1.807, 2.05) is 6.92 Å². The Bertz CT molecular complexity index is 863. The molecule has 1 atom stereocenters. The number of esters is 2. The van der Waals surface area contributed by atoms with E-state index < -0.39 is 5.97 Å². The molecular formula is C21H23NO5. The van der Waals surface area contributed by atoms with Crippen LogP contribution in [0.1, 0.15) is 58.3 Å². The van der Waals surface area contributed by atoms with E-state index in [1.54, 1.807) is 7.11 Å². The standard InChI is InChI=1S/C21H23NO5/c1-12-17-11-27-21(24)19(17)16(10-22)15(20(12)26-3)8-7-13-5-4-6-14(13)9-18(23)25-2/h7,14H,4-6,8-9,11H2,1-3H3/b13-7+/t14-/m0/s1. The van der Waals surface area contributed by atoms with Gasteiger partial charge < -0.3 is 14.2 Å². The molecule has 1 aromatic carbocycles. The first kappa shape index (κ1) is 19.0. The third-order valence-corrected chi connectivity index (χ3v) is 5.54. The number of cyclic esters (lactones) is 1. The Morgan fingerprint density at radius 3 is 2.85 bits per heavy atom. The average Bonchev–Trinajstić information content (AvgIpc) is 3.27. The predicted octanol–water partition coefficient (Wildman–Crippen LogP) is 3.38. The Morgan fingerprint density at radius 2 is 2.19 bits per heavy atom. The van der Waals surface area contributed by atoms with Gasteiger partial charge >= 0.3 is 11.9 Å². The van der Waals surface area contributed by atoms with E-state index in [4.69, 9.17) is 14.2 Å². The zero-order valence-electron chi connectivity index (χ0n) is 15.9. The van der Waals surface area contributed by atoms with Crippen molar-refractivity contribution in [1.82, 2.24) is 0 Å². The molecular weight excluding hydrogens is 346 g/mol. The number of allylic oxidation sites excluding steroid dienone is 2. The molecule has 1 aliphatic carbocycles. The molecule has 2 aliphatic rings. The Morgan fingerprint density at radius 1 is 1.41 bits per heavy atom. The lowest BCUT2D eigenvalue weighted by Gasteiger charge is -2.16. The van der Waals surface area contributed by atoms with Gasteiger partial charge in [-0.3, -0.25) is 4.79 Å². The van der Waals surface area contributed by atoms with E-state index in [2.05, 4.69) is 12.1 Å². The average molecular weight is 369 g/mol. The predicted molar refractivity (Wildman–Crippen MR) is 97.3 cm³/mol. The van der Waals surface area contributed by atoms with Gasteiger partial charge in [0.15, 0.2) is 0 Å². The molecule has 27 heavy (non-hydrogen) atoms. The smallest absolute Gasteiger partial charge is 0.340 e. The second-order valence-electron chi connectivity index (χ2n) is 6.91. The summed E-state index contributed by atoms with van der Waals surface area (Å²) in [6.07, 6.45) is 5.84. The highest BCUT2D eigenvalue weighted by molar-refractivity contribution is 5.97. The maximum atomic E-state index is 12.1. The summed E-state index contributed by atoms with van der Waals surface area (Å²) >= 11 is 0. The Hall–Kier alpha value is -2.81. The van der Waals surface area contributed by atoms with Gasteiger partial charge in [-0.15, -0.1) is 0 Å². The van der Waals surface area contributed by atoms with Crippen LogP contribution < -0.4 is 4.74 Å². The first-order chi connectivity index (χ1) is 13.0. The molecule has 0 N–H and O–H groups in total. The molecule has 0 unspecified atom stereocenters. The fraction of sp³-hybridized carbons (Fsp3) is 0.476. The van der Waals surface area contributed by atoms with E-state index in [1.165, 1.54) is 12.7 Å². The third kappa shape index (κ3) is 3.42. The van der Waals surface area contributed by atoms with Crippen LogP contribution in [0.5, 0.6) is 5.75 Å². The molecule has 0 radical (unpaired) electrons. The lowest BCUT2D eigenvalue weighted by molar-refractivity contribution is -0.141. The highest BCUT2D eigenvalue weighted by Gasteiger charge is 2.32. The van der Waals surface area contributed by atoms with Gasteiger partial charge in [0.05, 0.1) is 31.8 Å². The molecule has 1 saturated carbocycles. The Kier molecular flexibility index (Phi) is 5.50. The van der Waals surface area contributed by atoms with E-state index in [9.17, 15) is 14.9 Å². The summed E-state index contributed by atoms with van der Waals surface area (Å²) in [7, 11) is 2.97. The van der Waals surface area contributed by atoms with E-state index >= 15 is 0 Å². The fourth-order valence-corrected chi connectivity index (χ4v) is 4.14. The van der Waals surface area contributed by atoms with Crippen molar-refractivity contribution in [3.8, 4) is 11.8 Å². The van der Waals surface area contributed by atoms with Gasteiger partial charge in [-0.1, -0.05) is 11.6 Å². The quantitative estimate of drug-likeness (QED) is 0.584. The lowest BCUT2D eigenvalue weighted by Crippen LogP contribution is -2.09. The van der Waals surface area contributed by atoms with Crippen LogP contribution in [0.15, 0.2) is 11.6 Å². The highest BCUT2D eigenvalue weighted by atomic mass is 16.5. The molecule has 1 heterocycles. The largest absolute Gasteiger partial charge is 0.496 e. The topological polar surface area (TPSA) is 85.6 Å². The van der Waals surface area contributed by atoms with Crippen LogP contribution >= 0.6 is 0 Å². The summed E-state index contributed by atoms with van der Waals surface area (Å²) in [6.45, 7) is 2.06. The normalized spacial score (nSPS) is 19.6. The van der Waals surface area contributed by atoms with E-state index in [-0.39, 0.29) is 18.5 Å². The third-order valence-electron chi connectivity index (χ3n) is 5.54. The molecule has 0 saturated heterocycles. The van der Waals surface area contributed by atoms with Gasteiger partial charge in [0, 0.05) is 11.1 Å². The van der Waals surface area contributed by atoms with Crippen molar-refractivity contribution in [2.24, 2.45) is 5.92 Å². The summed E-state index contributed by atoms with van der Waals surface area (Å²) in [4.78, 5) is 23.8. The van der Waals surface area contributed by atoms with Crippen LogP contribution in [-0.2, 0) is 27.3 Å². The highest BCUT2D eigenvalue weighted by Crippen LogP contribution is 2.39. The van der Waals surface area contributed by atoms with E-state index in [0.717, 1.165) is 30.4 Å². The Labute approximate surface area is 158 Å². The van der Waals surface area contributed by atoms with Crippen molar-refractivity contribution in [1.29, 1.82) is 5.26 Å². The van der Waals surface area contributed by atoms with Gasteiger partial charge in [0.25, 0.3) is 0 Å². The molecule has 0 amide bonds. The molecule has 1 aromatic rings. The van der Waals surface area contributed by atoms with Crippen molar-refractivity contribution >= 4 is 11.9 Å². The lowest BCUT2D eigenvalue weighted by atomic mass is 9.89. The van der Waals surface area contributed by atoms with Crippen LogP contribution in [0.2, 0.25) is 0 Å². The molecule has 3 rings (SSSR count). The summed E-state index contributed by atoms with van der Waals surface area (Å²) in [5.74, 6) is 0.141. The minimum Gasteiger partial charge on any atom is -0.496 e. The number of hydrogen-bond donors (Lipinski definition) is 0. The van der Waals surface area contributed by atoms with Crippen molar-refractivity contribution in [2.45, 2.75) is 45.6 Å². The van der Waals surface area contributed by atoms with Crippen molar-refractivity contribution in [2.75, 3.05) is 14.2 Å². The summed E-state index contributed by atoms with van der Waals surface area (Å²) in [5.41, 5.74) is 4.16. The second kappa shape index (κ2) is 7.83. The molecule has 0 spiro atoms. The summed E-state index contributed by atoms with van der Waals surface area (Å²) in [5, 5.41) is 9.71. The molecule has 142 valence electrons. The number of carbonyl (C=O) groups excluding carboxylic acids is 2. The molecule has 1 aliphatic heterocycles. The fourth-order valence-electron chi connectivity index (χ4n) is 4.14. The summed E-state index contributed by atoms with van der Waals surface area (Å²) < 4.78 is 15.5. The number of carbonyl (C=O) groups is 2. The van der Waals surface area contributed by atoms with Crippen molar-refractivity contribution < 1.29 is 23.8 Å². The Balaban J connectivity index is 1.99. The summed E-state index contributed by atoms with van der Waals surface area (Å²) in [6, 6.07) is 2.17. The molecule has 0 bridgehead atoms. The number of nitriles is 1. The second-order valence-corrected chi connectivity index (χ2v) is 6.91. The monoisotopic (exact) mass is 369 g/mol. The molecule has 6 nitrogen and oxygen atoms in total. The van der Waals surface area contributed by atoms with Crippen LogP contribution in [0, 0.1) is 24.2 Å². The number of ether oxygens (including phenoxy) is 3. The van der Waals surface area contributed by atoms with Crippen LogP contribution in [0.4, 0.5) is 0 Å². The van der Waals surface area contributed by atoms with Crippen LogP contribution in [-0.4, -0.2) is 26.2 Å². The van der Waals surface area contributed by atoms with Crippen LogP contribution in [0.3, 0.4) is 0 Å². The SMILES string of the molecule is COC(=O)C[C@@H]1CCC/C1=C\Cc1c(C#N)c2c(c(C)c1OC)COC2=O. The first-order valence-corrected chi connectivity index (χ1v) is 9.07. The number of benzene rings is 1. The van der Waals surface area contributed by atoms with Gasteiger partial charge in [-0.25, -0.2) is 4.79 Å². The zero-order chi connectivity index (χ0) is 19.6. The molecule has 0 aromatic heterocycles. The number of methoxy groups -OCH3 is 2. The van der Waals surface area contributed by atoms with Gasteiger partial charge in [-0.05, 0) is 44.1 Å². The zero-order valence-corrected chi connectivity index (χ0v) is 15.9. The number of fused-ring (bicyclic) bond motifs is 1. The number of nitrogens with zero attached hydrogens (tertiary/aromatic N) is 1.